The van der Waals surface area contributed by atoms with E-state index < -0.39 is 5.69 Å². The smallest absolute Gasteiger partial charge is 0.347 e. The van der Waals surface area contributed by atoms with E-state index in [1.165, 1.54) is 6.07 Å². The molecule has 0 unspecified atom stereocenters. The quantitative estimate of drug-likeness (QED) is 0.702. The molecule has 5 rings (SSSR count). The molecule has 0 radical (unpaired) electrons. The lowest BCUT2D eigenvalue weighted by Crippen LogP contribution is -2.40. The van der Waals surface area contributed by atoms with Crippen LogP contribution < -0.4 is 16.3 Å². The van der Waals surface area contributed by atoms with Crippen LogP contribution in [0.25, 0.3) is 16.8 Å². The Bertz CT molecular complexity index is 1190. The molecule has 0 spiro atoms. The van der Waals surface area contributed by atoms with Crippen LogP contribution in [0.3, 0.4) is 0 Å². The van der Waals surface area contributed by atoms with Gasteiger partial charge in [0, 0.05) is 36.3 Å². The molecule has 2 aliphatic rings. The van der Waals surface area contributed by atoms with Gasteiger partial charge >= 0.3 is 5.69 Å². The predicted octanol–water partition coefficient (Wildman–Crippen LogP) is 2.89. The van der Waals surface area contributed by atoms with Gasteiger partial charge in [-0.1, -0.05) is 24.3 Å². The molecule has 3 aromatic rings. The Morgan fingerprint density at radius 1 is 1.10 bits per heavy atom. The zero-order valence-corrected chi connectivity index (χ0v) is 16.4. The summed E-state index contributed by atoms with van der Waals surface area (Å²) >= 11 is 0. The SMILES string of the molecule is NC1CCN(c2cc(C3=CCc4ccc(-c5ccccc5F)nc43)[nH]c(=O)n2)CC1. The molecule has 30 heavy (non-hydrogen) atoms. The van der Waals surface area contributed by atoms with E-state index in [9.17, 15) is 9.18 Å². The van der Waals surface area contributed by atoms with Gasteiger partial charge in [0.25, 0.3) is 0 Å². The molecule has 1 saturated heterocycles. The summed E-state index contributed by atoms with van der Waals surface area (Å²) < 4.78 is 14.3. The summed E-state index contributed by atoms with van der Waals surface area (Å²) in [5.41, 5.74) is 9.98. The Balaban J connectivity index is 1.52. The Morgan fingerprint density at radius 2 is 1.90 bits per heavy atom. The molecule has 0 amide bonds. The summed E-state index contributed by atoms with van der Waals surface area (Å²) in [6.07, 6.45) is 4.52. The summed E-state index contributed by atoms with van der Waals surface area (Å²) in [5, 5.41) is 0. The maximum absolute atomic E-state index is 14.3. The molecule has 0 bridgehead atoms. The van der Waals surface area contributed by atoms with Crippen molar-refractivity contribution < 1.29 is 4.39 Å². The van der Waals surface area contributed by atoms with Crippen LogP contribution in [0.4, 0.5) is 10.2 Å². The maximum Gasteiger partial charge on any atom is 0.347 e. The number of halogens is 1. The minimum atomic E-state index is -0.392. The number of pyridine rings is 1. The number of benzene rings is 1. The number of rotatable bonds is 3. The monoisotopic (exact) mass is 403 g/mol. The molecular formula is C23H22FN5O. The predicted molar refractivity (Wildman–Crippen MR) is 115 cm³/mol. The number of piperidine rings is 1. The Kier molecular flexibility index (Phi) is 4.67. The summed E-state index contributed by atoms with van der Waals surface area (Å²) in [4.78, 5) is 26.2. The number of aromatic amines is 1. The van der Waals surface area contributed by atoms with E-state index >= 15 is 0 Å². The van der Waals surface area contributed by atoms with Crippen LogP contribution in [0.2, 0.25) is 0 Å². The summed E-state index contributed by atoms with van der Waals surface area (Å²) in [6.45, 7) is 1.56. The van der Waals surface area contributed by atoms with Crippen molar-refractivity contribution >= 4 is 11.4 Å². The Morgan fingerprint density at radius 3 is 2.70 bits per heavy atom. The zero-order chi connectivity index (χ0) is 20.7. The molecule has 1 aliphatic heterocycles. The molecular weight excluding hydrogens is 381 g/mol. The van der Waals surface area contributed by atoms with Crippen molar-refractivity contribution in [2.75, 3.05) is 18.0 Å². The van der Waals surface area contributed by atoms with Crippen molar-refractivity contribution in [2.45, 2.75) is 25.3 Å². The van der Waals surface area contributed by atoms with E-state index in [0.29, 0.717) is 29.2 Å². The van der Waals surface area contributed by atoms with Crippen molar-refractivity contribution in [2.24, 2.45) is 5.73 Å². The second kappa shape index (κ2) is 7.50. The van der Waals surface area contributed by atoms with Gasteiger partial charge in [0.15, 0.2) is 0 Å². The third-order valence-corrected chi connectivity index (χ3v) is 5.79. The minimum absolute atomic E-state index is 0.202. The van der Waals surface area contributed by atoms with Crippen molar-refractivity contribution in [3.63, 3.8) is 0 Å². The minimum Gasteiger partial charge on any atom is -0.356 e. The van der Waals surface area contributed by atoms with E-state index in [0.717, 1.165) is 42.8 Å². The molecule has 152 valence electrons. The summed E-state index contributed by atoms with van der Waals surface area (Å²) in [6, 6.07) is 12.5. The van der Waals surface area contributed by atoms with Crippen molar-refractivity contribution in [1.29, 1.82) is 0 Å². The number of nitrogens with one attached hydrogen (secondary N) is 1. The van der Waals surface area contributed by atoms with Crippen LogP contribution in [0.1, 0.15) is 29.8 Å². The Labute approximate surface area is 173 Å². The molecule has 3 heterocycles. The van der Waals surface area contributed by atoms with Crippen molar-refractivity contribution in [3.05, 3.63) is 81.8 Å². The van der Waals surface area contributed by atoms with Gasteiger partial charge in [-0.2, -0.15) is 4.98 Å². The number of allylic oxidation sites excluding steroid dienone is 1. The van der Waals surface area contributed by atoms with E-state index in [-0.39, 0.29) is 11.9 Å². The number of aromatic nitrogens is 3. The van der Waals surface area contributed by atoms with Crippen molar-refractivity contribution in [3.8, 4) is 11.3 Å². The fourth-order valence-corrected chi connectivity index (χ4v) is 4.13. The van der Waals surface area contributed by atoms with Gasteiger partial charge in [-0.3, -0.25) is 0 Å². The number of anilines is 1. The standard InChI is InChI=1S/C23H22FN5O/c24-18-4-2-1-3-16(18)19-8-6-14-5-7-17(22(14)26-19)20-13-21(28-23(30)27-20)29-11-9-15(25)10-12-29/h1-4,6-8,13,15H,5,9-12,25H2,(H,27,28,30). The number of hydrogen-bond donors (Lipinski definition) is 2. The normalized spacial score (nSPS) is 16.5. The van der Waals surface area contributed by atoms with E-state index in [1.54, 1.807) is 18.2 Å². The summed E-state index contributed by atoms with van der Waals surface area (Å²) in [5.74, 6) is 0.344. The number of fused-ring (bicyclic) bond motifs is 1. The molecule has 6 nitrogen and oxygen atoms in total. The molecule has 1 aliphatic carbocycles. The molecule has 1 aromatic carbocycles. The van der Waals surface area contributed by atoms with Gasteiger partial charge in [0.1, 0.15) is 11.6 Å². The van der Waals surface area contributed by atoms with Crippen LogP contribution in [-0.4, -0.2) is 34.1 Å². The number of nitrogens with two attached hydrogens (primary N) is 1. The fourth-order valence-electron chi connectivity index (χ4n) is 4.13. The average Bonchev–Trinajstić information content (AvgIpc) is 3.17. The summed E-state index contributed by atoms with van der Waals surface area (Å²) in [7, 11) is 0. The van der Waals surface area contributed by atoms with E-state index in [2.05, 4.69) is 14.9 Å². The topological polar surface area (TPSA) is 87.9 Å². The van der Waals surface area contributed by atoms with E-state index in [4.69, 9.17) is 10.7 Å². The largest absolute Gasteiger partial charge is 0.356 e. The van der Waals surface area contributed by atoms with Gasteiger partial charge in [-0.05, 0) is 43.0 Å². The highest BCUT2D eigenvalue weighted by atomic mass is 19.1. The first-order valence-corrected chi connectivity index (χ1v) is 10.2. The van der Waals surface area contributed by atoms with Crippen molar-refractivity contribution in [1.82, 2.24) is 15.0 Å². The molecule has 0 saturated carbocycles. The number of H-pyrrole nitrogens is 1. The highest BCUT2D eigenvalue weighted by Gasteiger charge is 2.23. The fraction of sp³-hybridized carbons (Fsp3) is 0.261. The molecule has 0 atom stereocenters. The lowest BCUT2D eigenvalue weighted by atomic mass is 10.0. The van der Waals surface area contributed by atoms with Gasteiger partial charge in [0.05, 0.1) is 17.1 Å². The molecule has 2 aromatic heterocycles. The van der Waals surface area contributed by atoms with E-state index in [1.807, 2.05) is 24.3 Å². The van der Waals surface area contributed by atoms with Crippen LogP contribution in [-0.2, 0) is 6.42 Å². The average molecular weight is 403 g/mol. The first-order chi connectivity index (χ1) is 14.6. The second-order valence-corrected chi connectivity index (χ2v) is 7.79. The third kappa shape index (κ3) is 3.41. The lowest BCUT2D eigenvalue weighted by molar-refractivity contribution is 0.498. The number of nitrogens with zero attached hydrogens (tertiary/aromatic N) is 3. The maximum atomic E-state index is 14.3. The highest BCUT2D eigenvalue weighted by molar-refractivity contribution is 5.83. The zero-order valence-electron chi connectivity index (χ0n) is 16.4. The second-order valence-electron chi connectivity index (χ2n) is 7.79. The first kappa shape index (κ1) is 18.7. The van der Waals surface area contributed by atoms with Crippen LogP contribution >= 0.6 is 0 Å². The Hall–Kier alpha value is -3.32. The van der Waals surface area contributed by atoms with Gasteiger partial charge < -0.3 is 15.6 Å². The van der Waals surface area contributed by atoms with Crippen LogP contribution in [0.5, 0.6) is 0 Å². The highest BCUT2D eigenvalue weighted by Crippen LogP contribution is 2.33. The first-order valence-electron chi connectivity index (χ1n) is 10.2. The van der Waals surface area contributed by atoms with Gasteiger partial charge in [-0.15, -0.1) is 0 Å². The lowest BCUT2D eigenvalue weighted by Gasteiger charge is -2.31. The molecule has 3 N–H and O–H groups in total. The van der Waals surface area contributed by atoms with Gasteiger partial charge in [0.2, 0.25) is 0 Å². The van der Waals surface area contributed by atoms with Crippen LogP contribution in [0.15, 0.2) is 53.3 Å². The molecule has 7 heteroatoms. The number of hydrogen-bond acceptors (Lipinski definition) is 5. The van der Waals surface area contributed by atoms with Gasteiger partial charge in [-0.25, -0.2) is 14.2 Å². The third-order valence-electron chi connectivity index (χ3n) is 5.79. The molecule has 1 fully saturated rings. The van der Waals surface area contributed by atoms with Crippen LogP contribution in [0, 0.1) is 5.82 Å².